The summed E-state index contributed by atoms with van der Waals surface area (Å²) >= 11 is 7.42. The van der Waals surface area contributed by atoms with Crippen molar-refractivity contribution >= 4 is 38.6 Å². The Labute approximate surface area is 125 Å². The van der Waals surface area contributed by atoms with E-state index < -0.39 is 0 Å². The quantitative estimate of drug-likeness (QED) is 0.778. The molecule has 4 heteroatoms. The van der Waals surface area contributed by atoms with E-state index in [-0.39, 0.29) is 0 Å². The Kier molecular flexibility index (Phi) is 5.01. The minimum Gasteiger partial charge on any atom is -0.305 e. The number of halogens is 1. The summed E-state index contributed by atoms with van der Waals surface area (Å²) in [5, 5.41) is 5.85. The number of aryl methyl sites for hydroxylation is 2. The zero-order chi connectivity index (χ0) is 13.1. The highest BCUT2D eigenvalue weighted by Gasteiger charge is 2.21. The van der Waals surface area contributed by atoms with Gasteiger partial charge < -0.3 is 5.32 Å². The van der Waals surface area contributed by atoms with Crippen LogP contribution in [0.2, 0.25) is 0 Å². The van der Waals surface area contributed by atoms with Crippen molar-refractivity contribution in [2.45, 2.75) is 33.2 Å². The van der Waals surface area contributed by atoms with E-state index in [0.717, 1.165) is 13.0 Å². The normalized spacial score (nSPS) is 12.9. The molecule has 0 saturated heterocycles. The molecule has 0 radical (unpaired) electrons. The van der Waals surface area contributed by atoms with E-state index in [1.54, 1.807) is 0 Å². The first-order valence-corrected chi connectivity index (χ1v) is 8.65. The van der Waals surface area contributed by atoms with Gasteiger partial charge in [0, 0.05) is 19.1 Å². The molecule has 0 amide bonds. The smallest absolute Gasteiger partial charge is 0.0779 e. The first kappa shape index (κ1) is 14.3. The molecule has 0 aliphatic heterocycles. The monoisotopic (exact) mass is 343 g/mol. The van der Waals surface area contributed by atoms with Crippen molar-refractivity contribution in [1.29, 1.82) is 0 Å². The van der Waals surface area contributed by atoms with Crippen molar-refractivity contribution in [3.63, 3.8) is 0 Å². The third kappa shape index (κ3) is 3.05. The van der Waals surface area contributed by atoms with Crippen molar-refractivity contribution in [1.82, 2.24) is 5.32 Å². The molecular weight excluding hydrogens is 326 g/mol. The third-order valence-corrected chi connectivity index (χ3v) is 5.98. The molecule has 0 aromatic carbocycles. The molecule has 0 fully saturated rings. The van der Waals surface area contributed by atoms with Crippen molar-refractivity contribution in [2.75, 3.05) is 6.54 Å². The number of nitrogens with one attached hydrogen (secondary N) is 1. The highest BCUT2D eigenvalue weighted by atomic mass is 79.9. The molecule has 2 aromatic heterocycles. The van der Waals surface area contributed by atoms with Crippen molar-refractivity contribution < 1.29 is 0 Å². The van der Waals surface area contributed by atoms with Gasteiger partial charge in [-0.3, -0.25) is 0 Å². The number of rotatable bonds is 5. The van der Waals surface area contributed by atoms with Gasteiger partial charge in [-0.2, -0.15) is 0 Å². The average Bonchev–Trinajstić information content (AvgIpc) is 2.87. The molecule has 0 spiro atoms. The van der Waals surface area contributed by atoms with Gasteiger partial charge in [0.25, 0.3) is 0 Å². The summed E-state index contributed by atoms with van der Waals surface area (Å²) in [6, 6.07) is 4.75. The molecule has 2 aromatic rings. The van der Waals surface area contributed by atoms with Gasteiger partial charge in [0.1, 0.15) is 0 Å². The largest absolute Gasteiger partial charge is 0.305 e. The molecule has 0 aliphatic carbocycles. The van der Waals surface area contributed by atoms with Crippen LogP contribution in [0.4, 0.5) is 0 Å². The maximum absolute atomic E-state index is 3.69. The van der Waals surface area contributed by atoms with Crippen LogP contribution >= 0.6 is 38.6 Å². The predicted octanol–water partition coefficient (Wildman–Crippen LogP) is 5.28. The highest BCUT2D eigenvalue weighted by Crippen LogP contribution is 2.38. The minimum absolute atomic E-state index is 0.332. The fourth-order valence-corrected chi connectivity index (χ4v) is 5.02. The highest BCUT2D eigenvalue weighted by molar-refractivity contribution is 9.10. The lowest BCUT2D eigenvalue weighted by atomic mass is 10.1. The van der Waals surface area contributed by atoms with E-state index in [9.17, 15) is 0 Å². The molecule has 0 aliphatic rings. The molecule has 0 bridgehead atoms. The minimum atomic E-state index is 0.332. The predicted molar refractivity (Wildman–Crippen MR) is 85.9 cm³/mol. The van der Waals surface area contributed by atoms with Gasteiger partial charge in [-0.05, 0) is 65.8 Å². The molecule has 2 rings (SSSR count). The summed E-state index contributed by atoms with van der Waals surface area (Å²) < 4.78 is 1.23. The summed E-state index contributed by atoms with van der Waals surface area (Å²) in [4.78, 5) is 4.19. The van der Waals surface area contributed by atoms with E-state index in [4.69, 9.17) is 0 Å². The maximum Gasteiger partial charge on any atom is 0.0779 e. The zero-order valence-electron chi connectivity index (χ0n) is 10.9. The molecule has 1 atom stereocenters. The van der Waals surface area contributed by atoms with E-state index in [0.29, 0.717) is 6.04 Å². The lowest BCUT2D eigenvalue weighted by Crippen LogP contribution is -2.22. The Morgan fingerprint density at radius 2 is 2.11 bits per heavy atom. The summed E-state index contributed by atoms with van der Waals surface area (Å²) in [5.74, 6) is 0. The molecule has 18 heavy (non-hydrogen) atoms. The average molecular weight is 344 g/mol. The van der Waals surface area contributed by atoms with Gasteiger partial charge in [0.15, 0.2) is 0 Å². The van der Waals surface area contributed by atoms with E-state index >= 15 is 0 Å². The SMILES string of the molecule is CCCNC(c1sccc1C)c1sc(C)cc1Br. The molecule has 2 heterocycles. The van der Waals surface area contributed by atoms with Crippen molar-refractivity contribution in [3.8, 4) is 0 Å². The third-order valence-electron chi connectivity index (χ3n) is 2.86. The van der Waals surface area contributed by atoms with E-state index in [2.05, 4.69) is 59.5 Å². The van der Waals surface area contributed by atoms with Crippen molar-refractivity contribution in [2.24, 2.45) is 0 Å². The molecule has 98 valence electrons. The van der Waals surface area contributed by atoms with Crippen LogP contribution in [0.5, 0.6) is 0 Å². The summed E-state index contributed by atoms with van der Waals surface area (Å²) in [7, 11) is 0. The van der Waals surface area contributed by atoms with Gasteiger partial charge in [-0.25, -0.2) is 0 Å². The number of hydrogen-bond donors (Lipinski definition) is 1. The van der Waals surface area contributed by atoms with Gasteiger partial charge in [0.05, 0.1) is 6.04 Å². The Morgan fingerprint density at radius 3 is 2.61 bits per heavy atom. The van der Waals surface area contributed by atoms with Crippen LogP contribution in [0.15, 0.2) is 22.0 Å². The van der Waals surface area contributed by atoms with Crippen LogP contribution in [-0.2, 0) is 0 Å². The Hall–Kier alpha value is -0.160. The number of hydrogen-bond acceptors (Lipinski definition) is 3. The van der Waals surface area contributed by atoms with Gasteiger partial charge in [0.2, 0.25) is 0 Å². The fraction of sp³-hybridized carbons (Fsp3) is 0.429. The topological polar surface area (TPSA) is 12.0 Å². The van der Waals surface area contributed by atoms with E-state index in [1.807, 2.05) is 22.7 Å². The number of thiophene rings is 2. The van der Waals surface area contributed by atoms with Crippen LogP contribution < -0.4 is 5.32 Å². The van der Waals surface area contributed by atoms with E-state index in [1.165, 1.54) is 24.7 Å². The first-order chi connectivity index (χ1) is 8.63. The Balaban J connectivity index is 2.37. The molecule has 0 saturated carbocycles. The summed E-state index contributed by atoms with van der Waals surface area (Å²) in [6.07, 6.45) is 1.16. The molecule has 1 nitrogen and oxygen atoms in total. The molecule has 1 unspecified atom stereocenters. The second-order valence-electron chi connectivity index (χ2n) is 4.42. The van der Waals surface area contributed by atoms with Crippen LogP contribution in [0.1, 0.15) is 39.6 Å². The molecule has 1 N–H and O–H groups in total. The Morgan fingerprint density at radius 1 is 1.33 bits per heavy atom. The Bertz CT molecular complexity index is 516. The maximum atomic E-state index is 3.69. The van der Waals surface area contributed by atoms with Crippen LogP contribution in [0.3, 0.4) is 0 Å². The first-order valence-electron chi connectivity index (χ1n) is 6.16. The van der Waals surface area contributed by atoms with Crippen LogP contribution in [0, 0.1) is 13.8 Å². The summed E-state index contributed by atoms with van der Waals surface area (Å²) in [6.45, 7) is 7.61. The van der Waals surface area contributed by atoms with Gasteiger partial charge in [-0.15, -0.1) is 22.7 Å². The van der Waals surface area contributed by atoms with Gasteiger partial charge >= 0.3 is 0 Å². The van der Waals surface area contributed by atoms with Crippen LogP contribution in [0.25, 0.3) is 0 Å². The standard InChI is InChI=1S/C14H18BrNS2/c1-4-6-16-12(13-9(2)5-7-17-13)14-11(15)8-10(3)18-14/h5,7-8,12,16H,4,6H2,1-3H3. The lowest BCUT2D eigenvalue weighted by molar-refractivity contribution is 0.610. The zero-order valence-corrected chi connectivity index (χ0v) is 14.1. The van der Waals surface area contributed by atoms with Crippen molar-refractivity contribution in [3.05, 3.63) is 42.2 Å². The molecular formula is C14H18BrNS2. The second-order valence-corrected chi connectivity index (χ2v) is 7.51. The second kappa shape index (κ2) is 6.33. The van der Waals surface area contributed by atoms with Gasteiger partial charge in [-0.1, -0.05) is 6.92 Å². The fourth-order valence-electron chi connectivity index (χ4n) is 1.97. The van der Waals surface area contributed by atoms with Crippen LogP contribution in [-0.4, -0.2) is 6.54 Å². The summed E-state index contributed by atoms with van der Waals surface area (Å²) in [5.41, 5.74) is 1.38. The lowest BCUT2D eigenvalue weighted by Gasteiger charge is -2.17.